The molecule has 1 saturated heterocycles. The summed E-state index contributed by atoms with van der Waals surface area (Å²) in [5.74, 6) is -0.383. The highest BCUT2D eigenvalue weighted by atomic mass is 28.3. The predicted molar refractivity (Wildman–Crippen MR) is 72.7 cm³/mol. The normalized spacial score (nSPS) is 15.4. The van der Waals surface area contributed by atoms with Crippen LogP contribution in [0.2, 0.25) is 12.1 Å². The van der Waals surface area contributed by atoms with Gasteiger partial charge in [-0.1, -0.05) is 41.9 Å². The van der Waals surface area contributed by atoms with Gasteiger partial charge in [0.05, 0.1) is 21.4 Å². The minimum absolute atomic E-state index is 0.266. The maximum absolute atomic E-state index is 11.4. The lowest BCUT2D eigenvalue weighted by atomic mass is 10.2. The first-order chi connectivity index (χ1) is 8.78. The molecule has 3 nitrogen and oxygen atoms in total. The summed E-state index contributed by atoms with van der Waals surface area (Å²) >= 11 is 0. The second-order valence-corrected chi connectivity index (χ2v) is 7.34. The first-order valence-corrected chi connectivity index (χ1v) is 8.03. The van der Waals surface area contributed by atoms with Gasteiger partial charge in [-0.15, -0.1) is 0 Å². The van der Waals surface area contributed by atoms with E-state index in [1.165, 1.54) is 30.8 Å². The summed E-state index contributed by atoms with van der Waals surface area (Å²) in [4.78, 5) is 15.7. The van der Waals surface area contributed by atoms with Crippen LogP contribution in [0, 0.1) is 0 Å². The molecule has 0 spiro atoms. The molecule has 0 atom stereocenters. The molecule has 1 aliphatic rings. The summed E-state index contributed by atoms with van der Waals surface area (Å²) in [6.45, 7) is 0. The predicted octanol–water partition coefficient (Wildman–Crippen LogP) is 2.13. The van der Waals surface area contributed by atoms with Crippen molar-refractivity contribution in [3.8, 4) is 0 Å². The van der Waals surface area contributed by atoms with Crippen molar-refractivity contribution in [3.05, 3.63) is 36.0 Å². The number of rotatable bonds is 2. The molecule has 0 N–H and O–H groups in total. The van der Waals surface area contributed by atoms with Crippen LogP contribution < -0.4 is 5.19 Å². The Labute approximate surface area is 107 Å². The van der Waals surface area contributed by atoms with E-state index in [9.17, 15) is 4.79 Å². The van der Waals surface area contributed by atoms with E-state index in [4.69, 9.17) is 0 Å². The van der Waals surface area contributed by atoms with Crippen molar-refractivity contribution in [3.63, 3.8) is 0 Å². The number of ether oxygens (including phenoxy) is 1. The van der Waals surface area contributed by atoms with Crippen LogP contribution in [0.3, 0.4) is 0 Å². The largest absolute Gasteiger partial charge is 0.464 e. The molecule has 0 aliphatic carbocycles. The number of fused-ring (bicyclic) bond motifs is 1. The maximum atomic E-state index is 11.4. The third kappa shape index (κ3) is 1.93. The SMILES string of the molecule is COC(=O)c1ccc2cc([Si]3CCC3)ccc2n1. The molecule has 2 aromatic rings. The quantitative estimate of drug-likeness (QED) is 0.610. The van der Waals surface area contributed by atoms with Gasteiger partial charge in [-0.05, 0) is 12.1 Å². The Morgan fingerprint density at radius 3 is 2.78 bits per heavy atom. The van der Waals surface area contributed by atoms with Gasteiger partial charge in [-0.2, -0.15) is 0 Å². The highest BCUT2D eigenvalue weighted by Crippen LogP contribution is 2.21. The maximum Gasteiger partial charge on any atom is 0.356 e. The molecule has 1 radical (unpaired) electrons. The zero-order chi connectivity index (χ0) is 12.5. The molecular formula is C14H14NO2Si. The van der Waals surface area contributed by atoms with Crippen LogP contribution in [-0.4, -0.2) is 26.9 Å². The van der Waals surface area contributed by atoms with E-state index < -0.39 is 0 Å². The molecular weight excluding hydrogens is 242 g/mol. The average molecular weight is 256 g/mol. The van der Waals surface area contributed by atoms with Gasteiger partial charge in [0.2, 0.25) is 0 Å². The number of hydrogen-bond acceptors (Lipinski definition) is 3. The summed E-state index contributed by atoms with van der Waals surface area (Å²) in [5, 5.41) is 2.61. The van der Waals surface area contributed by atoms with Crippen LogP contribution in [-0.2, 0) is 4.74 Å². The number of methoxy groups -OCH3 is 1. The molecule has 0 amide bonds. The van der Waals surface area contributed by atoms with Crippen molar-refractivity contribution in [2.45, 2.75) is 18.5 Å². The Bertz CT molecular complexity index is 608. The molecule has 1 aromatic heterocycles. The van der Waals surface area contributed by atoms with Crippen molar-refractivity contribution in [1.29, 1.82) is 0 Å². The fraction of sp³-hybridized carbons (Fsp3) is 0.286. The molecule has 1 aromatic carbocycles. The molecule has 0 unspecified atom stereocenters. The number of esters is 1. The monoisotopic (exact) mass is 256 g/mol. The summed E-state index contributed by atoms with van der Waals surface area (Å²) in [7, 11) is 1.11. The zero-order valence-corrected chi connectivity index (χ0v) is 11.3. The topological polar surface area (TPSA) is 39.2 Å². The highest BCUT2D eigenvalue weighted by molar-refractivity contribution is 6.75. The summed E-state index contributed by atoms with van der Waals surface area (Å²) in [6.07, 6.45) is 1.38. The van der Waals surface area contributed by atoms with E-state index in [-0.39, 0.29) is 14.8 Å². The molecule has 1 aliphatic heterocycles. The van der Waals surface area contributed by atoms with E-state index in [2.05, 4.69) is 21.9 Å². The number of nitrogens with zero attached hydrogens (tertiary/aromatic N) is 1. The molecule has 91 valence electrons. The molecule has 4 heteroatoms. The number of carbonyl (C=O) groups is 1. The van der Waals surface area contributed by atoms with E-state index in [1.54, 1.807) is 6.07 Å². The standard InChI is InChI=1S/C14H14NO2Si/c1-17-14(16)13-5-3-10-9-11(18-7-2-8-18)4-6-12(10)15-13/h3-6,9H,2,7-8H2,1H3. The second kappa shape index (κ2) is 4.53. The zero-order valence-electron chi connectivity index (χ0n) is 10.3. The van der Waals surface area contributed by atoms with Gasteiger partial charge in [0, 0.05) is 5.39 Å². The van der Waals surface area contributed by atoms with E-state index in [1.807, 2.05) is 12.1 Å². The van der Waals surface area contributed by atoms with Crippen molar-refractivity contribution in [1.82, 2.24) is 4.98 Å². The van der Waals surface area contributed by atoms with Crippen LogP contribution in [0.5, 0.6) is 0 Å². The second-order valence-electron chi connectivity index (χ2n) is 4.55. The highest BCUT2D eigenvalue weighted by Gasteiger charge is 2.21. The van der Waals surface area contributed by atoms with Gasteiger partial charge in [0.15, 0.2) is 0 Å². The Hall–Kier alpha value is -1.68. The van der Waals surface area contributed by atoms with E-state index >= 15 is 0 Å². The first-order valence-electron chi connectivity index (χ1n) is 6.12. The van der Waals surface area contributed by atoms with Gasteiger partial charge < -0.3 is 4.74 Å². The lowest BCUT2D eigenvalue weighted by Gasteiger charge is -2.23. The third-order valence-corrected chi connectivity index (χ3v) is 6.49. The van der Waals surface area contributed by atoms with Crippen LogP contribution in [0.15, 0.2) is 30.3 Å². The van der Waals surface area contributed by atoms with Gasteiger partial charge in [0.25, 0.3) is 0 Å². The van der Waals surface area contributed by atoms with Gasteiger partial charge >= 0.3 is 5.97 Å². The number of pyridine rings is 1. The molecule has 1 fully saturated rings. The summed E-state index contributed by atoms with van der Waals surface area (Å²) in [6, 6.07) is 12.9. The van der Waals surface area contributed by atoms with Crippen LogP contribution in [0.4, 0.5) is 0 Å². The number of aromatic nitrogens is 1. The van der Waals surface area contributed by atoms with Crippen molar-refractivity contribution >= 4 is 30.9 Å². The average Bonchev–Trinajstić information content (AvgIpc) is 2.35. The molecule has 0 saturated carbocycles. The summed E-state index contributed by atoms with van der Waals surface area (Å²) in [5.41, 5.74) is 1.24. The Morgan fingerprint density at radius 1 is 1.28 bits per heavy atom. The van der Waals surface area contributed by atoms with Gasteiger partial charge in [-0.3, -0.25) is 0 Å². The van der Waals surface area contributed by atoms with E-state index in [0.29, 0.717) is 5.69 Å². The van der Waals surface area contributed by atoms with Crippen LogP contribution >= 0.6 is 0 Å². The fourth-order valence-corrected chi connectivity index (χ4v) is 4.17. The van der Waals surface area contributed by atoms with Gasteiger partial charge in [-0.25, -0.2) is 9.78 Å². The van der Waals surface area contributed by atoms with E-state index in [0.717, 1.165) is 10.9 Å². The Kier molecular flexibility index (Phi) is 2.87. The van der Waals surface area contributed by atoms with Crippen LogP contribution in [0.1, 0.15) is 16.9 Å². The van der Waals surface area contributed by atoms with Crippen molar-refractivity contribution in [2.24, 2.45) is 0 Å². The number of hydrogen-bond donors (Lipinski definition) is 0. The molecule has 3 rings (SSSR count). The Morgan fingerprint density at radius 2 is 2.11 bits per heavy atom. The number of carbonyl (C=O) groups excluding carboxylic acids is 1. The molecule has 18 heavy (non-hydrogen) atoms. The smallest absolute Gasteiger partial charge is 0.356 e. The molecule has 2 heterocycles. The van der Waals surface area contributed by atoms with Gasteiger partial charge in [0.1, 0.15) is 5.69 Å². The lowest BCUT2D eigenvalue weighted by Crippen LogP contribution is -2.35. The fourth-order valence-electron chi connectivity index (χ4n) is 2.21. The minimum atomic E-state index is -0.383. The lowest BCUT2D eigenvalue weighted by molar-refractivity contribution is 0.0594. The number of benzene rings is 1. The van der Waals surface area contributed by atoms with Crippen molar-refractivity contribution < 1.29 is 9.53 Å². The van der Waals surface area contributed by atoms with Crippen LogP contribution in [0.25, 0.3) is 10.9 Å². The molecule has 0 bridgehead atoms. The minimum Gasteiger partial charge on any atom is -0.464 e. The van der Waals surface area contributed by atoms with Crippen molar-refractivity contribution in [2.75, 3.05) is 7.11 Å². The first kappa shape index (κ1) is 11.4. The third-order valence-electron chi connectivity index (χ3n) is 3.45. The summed E-state index contributed by atoms with van der Waals surface area (Å²) < 4.78 is 4.68. The Balaban J connectivity index is 2.00.